The first-order valence-corrected chi connectivity index (χ1v) is 8.80. The normalized spacial score (nSPS) is 11.4. The molecule has 0 saturated heterocycles. The number of sulfonamides is 1. The molecule has 0 atom stereocenters. The molecule has 0 aromatic heterocycles. The first-order valence-electron chi connectivity index (χ1n) is 7.32. The van der Waals surface area contributed by atoms with Gasteiger partial charge in [-0.25, -0.2) is 13.1 Å². The molecule has 0 radical (unpaired) electrons. The average molecular weight is 342 g/mol. The Hall–Kier alpha value is -1.93. The van der Waals surface area contributed by atoms with Crippen molar-refractivity contribution >= 4 is 21.9 Å². The van der Waals surface area contributed by atoms with Crippen molar-refractivity contribution in [2.75, 3.05) is 13.1 Å². The number of hydrogen-bond acceptors (Lipinski definition) is 4. The molecular weight excluding hydrogens is 320 g/mol. The van der Waals surface area contributed by atoms with Crippen LogP contribution < -0.4 is 10.0 Å². The topological polar surface area (TPSA) is 113 Å². The van der Waals surface area contributed by atoms with Gasteiger partial charge >= 0.3 is 5.97 Å². The number of aliphatic carboxylic acids is 1. The first-order chi connectivity index (χ1) is 10.7. The molecule has 0 saturated carbocycles. The van der Waals surface area contributed by atoms with E-state index < -0.39 is 16.0 Å². The Bertz CT molecular complexity index is 638. The second kappa shape index (κ2) is 8.64. The van der Waals surface area contributed by atoms with Crippen molar-refractivity contribution in [3.05, 3.63) is 29.8 Å². The van der Waals surface area contributed by atoms with Crippen LogP contribution in [0.25, 0.3) is 0 Å². The third kappa shape index (κ3) is 6.79. The smallest absolute Gasteiger partial charge is 0.303 e. The van der Waals surface area contributed by atoms with Crippen molar-refractivity contribution in [2.45, 2.75) is 31.6 Å². The predicted octanol–water partition coefficient (Wildman–Crippen LogP) is 1.22. The first kappa shape index (κ1) is 19.1. The number of nitrogens with one attached hydrogen (secondary N) is 2. The molecule has 1 aromatic rings. The minimum Gasteiger partial charge on any atom is -0.481 e. The molecule has 1 amide bonds. The van der Waals surface area contributed by atoms with Gasteiger partial charge in [-0.05, 0) is 36.6 Å². The van der Waals surface area contributed by atoms with Gasteiger partial charge in [0.2, 0.25) is 10.0 Å². The quantitative estimate of drug-likeness (QED) is 0.584. The lowest BCUT2D eigenvalue weighted by atomic mass is 10.2. The van der Waals surface area contributed by atoms with Gasteiger partial charge in [-0.3, -0.25) is 9.59 Å². The van der Waals surface area contributed by atoms with E-state index in [0.29, 0.717) is 18.5 Å². The van der Waals surface area contributed by atoms with Gasteiger partial charge in [0.05, 0.1) is 4.90 Å². The maximum Gasteiger partial charge on any atom is 0.303 e. The molecule has 3 N–H and O–H groups in total. The number of carbonyl (C=O) groups is 2. The fraction of sp³-hybridized carbons (Fsp3) is 0.467. The van der Waals surface area contributed by atoms with E-state index in [4.69, 9.17) is 5.11 Å². The number of hydrogen-bond donors (Lipinski definition) is 3. The van der Waals surface area contributed by atoms with Crippen LogP contribution in [0, 0.1) is 5.92 Å². The second-order valence-corrected chi connectivity index (χ2v) is 7.29. The van der Waals surface area contributed by atoms with E-state index in [-0.39, 0.29) is 29.7 Å². The fourth-order valence-electron chi connectivity index (χ4n) is 1.69. The van der Waals surface area contributed by atoms with E-state index in [0.717, 1.165) is 0 Å². The summed E-state index contributed by atoms with van der Waals surface area (Å²) in [5, 5.41) is 11.1. The maximum atomic E-state index is 12.0. The number of carboxylic acids is 1. The standard InChI is InChI=1S/C15H22N2O5S/c1-11(2)10-17-23(21,22)13-7-5-12(6-8-13)15(20)16-9-3-4-14(18)19/h5-8,11,17H,3-4,9-10H2,1-2H3,(H,16,20)(H,18,19). The highest BCUT2D eigenvalue weighted by Crippen LogP contribution is 2.11. The molecular formula is C15H22N2O5S. The molecule has 1 rings (SSSR count). The van der Waals surface area contributed by atoms with Crippen LogP contribution in [-0.4, -0.2) is 38.5 Å². The molecule has 0 aliphatic heterocycles. The number of amides is 1. The summed E-state index contributed by atoms with van der Waals surface area (Å²) in [6.07, 6.45) is 0.325. The van der Waals surface area contributed by atoms with Crippen LogP contribution in [0.2, 0.25) is 0 Å². The fourth-order valence-corrected chi connectivity index (χ4v) is 2.90. The Balaban J connectivity index is 2.61. The number of rotatable bonds is 9. The highest BCUT2D eigenvalue weighted by Gasteiger charge is 2.15. The minimum atomic E-state index is -3.58. The molecule has 7 nitrogen and oxygen atoms in total. The predicted molar refractivity (Wildman–Crippen MR) is 85.7 cm³/mol. The maximum absolute atomic E-state index is 12.0. The van der Waals surface area contributed by atoms with Crippen molar-refractivity contribution in [3.63, 3.8) is 0 Å². The second-order valence-electron chi connectivity index (χ2n) is 5.52. The van der Waals surface area contributed by atoms with Crippen LogP contribution in [0.5, 0.6) is 0 Å². The van der Waals surface area contributed by atoms with E-state index in [1.807, 2.05) is 13.8 Å². The van der Waals surface area contributed by atoms with Gasteiger partial charge in [0.1, 0.15) is 0 Å². The van der Waals surface area contributed by atoms with Crippen molar-refractivity contribution < 1.29 is 23.1 Å². The molecule has 23 heavy (non-hydrogen) atoms. The van der Waals surface area contributed by atoms with E-state index >= 15 is 0 Å². The molecule has 0 fully saturated rings. The van der Waals surface area contributed by atoms with Crippen molar-refractivity contribution in [3.8, 4) is 0 Å². The molecule has 1 aromatic carbocycles. The Morgan fingerprint density at radius 1 is 1.17 bits per heavy atom. The molecule has 0 aliphatic carbocycles. The SMILES string of the molecule is CC(C)CNS(=O)(=O)c1ccc(C(=O)NCCCC(=O)O)cc1. The van der Waals surface area contributed by atoms with E-state index in [1.165, 1.54) is 24.3 Å². The van der Waals surface area contributed by atoms with Gasteiger partial charge in [0, 0.05) is 25.1 Å². The highest BCUT2D eigenvalue weighted by molar-refractivity contribution is 7.89. The zero-order valence-corrected chi connectivity index (χ0v) is 14.0. The Morgan fingerprint density at radius 2 is 1.78 bits per heavy atom. The van der Waals surface area contributed by atoms with Crippen LogP contribution in [0.1, 0.15) is 37.0 Å². The van der Waals surface area contributed by atoms with E-state index in [1.54, 1.807) is 0 Å². The average Bonchev–Trinajstić information content (AvgIpc) is 2.49. The third-order valence-corrected chi connectivity index (χ3v) is 4.40. The monoisotopic (exact) mass is 342 g/mol. The molecule has 8 heteroatoms. The van der Waals surface area contributed by atoms with Crippen molar-refractivity contribution in [1.29, 1.82) is 0 Å². The number of carboxylic acid groups (broad SMARTS) is 1. The lowest BCUT2D eigenvalue weighted by molar-refractivity contribution is -0.137. The largest absolute Gasteiger partial charge is 0.481 e. The molecule has 0 bridgehead atoms. The summed E-state index contributed by atoms with van der Waals surface area (Å²) in [5.74, 6) is -1.09. The van der Waals surface area contributed by atoms with Crippen LogP contribution in [0.15, 0.2) is 29.2 Å². The molecule has 0 aliphatic rings. The van der Waals surface area contributed by atoms with Crippen LogP contribution in [0.3, 0.4) is 0 Å². The minimum absolute atomic E-state index is 0.0149. The van der Waals surface area contributed by atoms with Gasteiger partial charge in [-0.2, -0.15) is 0 Å². The molecule has 0 spiro atoms. The summed E-state index contributed by atoms with van der Waals surface area (Å²) in [7, 11) is -3.58. The van der Waals surface area contributed by atoms with Crippen LogP contribution >= 0.6 is 0 Å². The number of carbonyl (C=O) groups excluding carboxylic acids is 1. The summed E-state index contributed by atoms with van der Waals surface area (Å²) >= 11 is 0. The zero-order valence-electron chi connectivity index (χ0n) is 13.2. The van der Waals surface area contributed by atoms with E-state index in [9.17, 15) is 18.0 Å². The number of benzene rings is 1. The van der Waals surface area contributed by atoms with Crippen molar-refractivity contribution in [2.24, 2.45) is 5.92 Å². The molecule has 0 unspecified atom stereocenters. The Kier molecular flexibility index (Phi) is 7.18. The van der Waals surface area contributed by atoms with Crippen LogP contribution in [-0.2, 0) is 14.8 Å². The van der Waals surface area contributed by atoms with E-state index in [2.05, 4.69) is 10.0 Å². The van der Waals surface area contributed by atoms with Crippen LogP contribution in [0.4, 0.5) is 0 Å². The summed E-state index contributed by atoms with van der Waals surface area (Å²) in [6.45, 7) is 4.40. The Labute approximate surface area is 136 Å². The summed E-state index contributed by atoms with van der Waals surface area (Å²) in [6, 6.07) is 5.59. The summed E-state index contributed by atoms with van der Waals surface area (Å²) in [4.78, 5) is 22.3. The van der Waals surface area contributed by atoms with Gasteiger partial charge in [-0.15, -0.1) is 0 Å². The Morgan fingerprint density at radius 3 is 2.30 bits per heavy atom. The third-order valence-electron chi connectivity index (χ3n) is 2.96. The molecule has 128 valence electrons. The van der Waals surface area contributed by atoms with Gasteiger partial charge < -0.3 is 10.4 Å². The summed E-state index contributed by atoms with van der Waals surface area (Å²) in [5.41, 5.74) is 0.322. The van der Waals surface area contributed by atoms with Gasteiger partial charge in [0.15, 0.2) is 0 Å². The van der Waals surface area contributed by atoms with Gasteiger partial charge in [-0.1, -0.05) is 13.8 Å². The summed E-state index contributed by atoms with van der Waals surface area (Å²) < 4.78 is 26.5. The zero-order chi connectivity index (χ0) is 17.5. The lowest BCUT2D eigenvalue weighted by Crippen LogP contribution is -2.28. The molecule has 0 heterocycles. The lowest BCUT2D eigenvalue weighted by Gasteiger charge is -2.09. The van der Waals surface area contributed by atoms with Gasteiger partial charge in [0.25, 0.3) is 5.91 Å². The highest BCUT2D eigenvalue weighted by atomic mass is 32.2. The van der Waals surface area contributed by atoms with Crippen molar-refractivity contribution in [1.82, 2.24) is 10.0 Å².